The van der Waals surface area contributed by atoms with Crippen molar-refractivity contribution in [3.8, 4) is 28.7 Å². The molecule has 10 nitrogen and oxygen atoms in total. The molecule has 1 aliphatic rings. The molecule has 0 heterocycles. The molecule has 2 aromatic rings. The van der Waals surface area contributed by atoms with Gasteiger partial charge in [-0.15, -0.1) is 0 Å². The highest BCUT2D eigenvalue weighted by Gasteiger charge is 2.50. The third-order valence-electron chi connectivity index (χ3n) is 11.7. The fourth-order valence-corrected chi connectivity index (χ4v) is 7.84. The zero-order chi connectivity index (χ0) is 46.4. The van der Waals surface area contributed by atoms with Crippen LogP contribution in [0.1, 0.15) is 192 Å². The molecule has 0 radical (unpaired) electrons. The van der Waals surface area contributed by atoms with Crippen molar-refractivity contribution < 1.29 is 47.8 Å². The average molecular weight is 897 g/mol. The lowest BCUT2D eigenvalue weighted by molar-refractivity contribution is -0.191. The minimum absolute atomic E-state index is 0.0427. The Morgan fingerprint density at radius 3 is 1.62 bits per heavy atom. The number of rotatable bonds is 37. The molecule has 10 heteroatoms. The van der Waals surface area contributed by atoms with Gasteiger partial charge in [0.25, 0.3) is 0 Å². The molecular formula is C54H88O10. The monoisotopic (exact) mass is 897 g/mol. The summed E-state index contributed by atoms with van der Waals surface area (Å²) in [7, 11) is 0. The highest BCUT2D eigenvalue weighted by molar-refractivity contribution is 6.11. The van der Waals surface area contributed by atoms with Crippen LogP contribution in [0.25, 0.3) is 6.08 Å². The number of benzene rings is 2. The topological polar surface area (TPSA) is 111 Å². The Kier molecular flexibility index (Phi) is 28.5. The normalized spacial score (nSPS) is 18.7. The van der Waals surface area contributed by atoms with Gasteiger partial charge in [0.15, 0.2) is 17.3 Å². The van der Waals surface area contributed by atoms with Gasteiger partial charge in [-0.3, -0.25) is 4.79 Å². The number of carbonyl (C=O) groups excluding carboxylic acids is 1. The van der Waals surface area contributed by atoms with Crippen LogP contribution in [0.2, 0.25) is 0 Å². The molecule has 5 unspecified atom stereocenters. The summed E-state index contributed by atoms with van der Waals surface area (Å²) in [5, 5.41) is 11.9. The molecule has 0 amide bonds. The maximum absolute atomic E-state index is 14.7. The molecule has 0 bridgehead atoms. The van der Waals surface area contributed by atoms with E-state index < -0.39 is 12.2 Å². The minimum atomic E-state index is -0.448. The first-order valence-electron chi connectivity index (χ1n) is 25.5. The van der Waals surface area contributed by atoms with Gasteiger partial charge in [-0.1, -0.05) is 119 Å². The maximum Gasteiger partial charge on any atom is 0.193 e. The summed E-state index contributed by atoms with van der Waals surface area (Å²) in [5.74, 6) is 1.24. The van der Waals surface area contributed by atoms with Gasteiger partial charge in [-0.2, -0.15) is 0 Å². The summed E-state index contributed by atoms with van der Waals surface area (Å²) >= 11 is 0. The Labute approximate surface area is 388 Å². The van der Waals surface area contributed by atoms with Crippen molar-refractivity contribution in [1.82, 2.24) is 0 Å². The van der Waals surface area contributed by atoms with Crippen LogP contribution in [0.3, 0.4) is 0 Å². The molecule has 0 aromatic heterocycles. The zero-order valence-corrected chi connectivity index (χ0v) is 41.4. The summed E-state index contributed by atoms with van der Waals surface area (Å²) < 4.78 is 52.9. The third-order valence-corrected chi connectivity index (χ3v) is 11.7. The molecular weight excluding hydrogens is 809 g/mol. The van der Waals surface area contributed by atoms with Crippen LogP contribution in [-0.4, -0.2) is 88.7 Å². The van der Waals surface area contributed by atoms with E-state index in [4.69, 9.17) is 37.9 Å². The highest BCUT2D eigenvalue weighted by Crippen LogP contribution is 2.51. The van der Waals surface area contributed by atoms with Gasteiger partial charge in [0.05, 0.1) is 45.2 Å². The first-order valence-corrected chi connectivity index (χ1v) is 25.5. The Bertz CT molecular complexity index is 1580. The number of allylic oxidation sites excluding steroid dienone is 1. The second-order valence-corrected chi connectivity index (χ2v) is 17.3. The molecule has 0 spiro atoms. The summed E-state index contributed by atoms with van der Waals surface area (Å²) in [6, 6.07) is 7.36. The van der Waals surface area contributed by atoms with Crippen molar-refractivity contribution in [2.45, 2.75) is 189 Å². The van der Waals surface area contributed by atoms with Crippen LogP contribution in [0, 0.1) is 5.92 Å². The van der Waals surface area contributed by atoms with Gasteiger partial charge >= 0.3 is 0 Å². The van der Waals surface area contributed by atoms with Crippen molar-refractivity contribution >= 4 is 11.9 Å². The smallest absolute Gasteiger partial charge is 0.193 e. The second-order valence-electron chi connectivity index (χ2n) is 17.3. The number of aromatic hydroxyl groups is 1. The van der Waals surface area contributed by atoms with Crippen molar-refractivity contribution in [2.75, 3.05) is 59.5 Å². The van der Waals surface area contributed by atoms with Gasteiger partial charge in [-0.25, -0.2) is 0 Å². The molecule has 364 valence electrons. The van der Waals surface area contributed by atoms with Crippen LogP contribution in [0.5, 0.6) is 28.7 Å². The Hall–Kier alpha value is -3.31. The number of ether oxygens (including phenoxy) is 8. The van der Waals surface area contributed by atoms with E-state index in [9.17, 15) is 9.90 Å². The van der Waals surface area contributed by atoms with E-state index >= 15 is 0 Å². The lowest BCUT2D eigenvalue weighted by Gasteiger charge is -2.47. The SMILES string of the molecule is CCCCOCC1CC(c2c(OCCCC)cc(O)c(C(=O)/C=C/c3ccc(OCCCC)c(OCCCC)c3)c2OCCCC)C(OCCCC)C(OCCCC)C1OCCCC. The summed E-state index contributed by atoms with van der Waals surface area (Å²) in [6.07, 6.45) is 17.9. The van der Waals surface area contributed by atoms with Crippen molar-refractivity contribution in [2.24, 2.45) is 5.92 Å². The predicted octanol–water partition coefficient (Wildman–Crippen LogP) is 13.5. The molecule has 1 N–H and O–H groups in total. The van der Waals surface area contributed by atoms with Crippen molar-refractivity contribution in [3.63, 3.8) is 0 Å². The molecule has 1 fully saturated rings. The van der Waals surface area contributed by atoms with Gasteiger partial charge in [0.1, 0.15) is 28.9 Å². The van der Waals surface area contributed by atoms with E-state index in [1.807, 2.05) is 18.2 Å². The Morgan fingerprint density at radius 1 is 0.562 bits per heavy atom. The molecule has 3 rings (SSSR count). The van der Waals surface area contributed by atoms with Crippen LogP contribution >= 0.6 is 0 Å². The van der Waals surface area contributed by atoms with Crippen LogP contribution in [0.15, 0.2) is 30.3 Å². The first kappa shape index (κ1) is 55.0. The Balaban J connectivity index is 2.30. The van der Waals surface area contributed by atoms with E-state index in [0.717, 1.165) is 114 Å². The van der Waals surface area contributed by atoms with Crippen molar-refractivity contribution in [1.29, 1.82) is 0 Å². The number of hydrogen-bond donors (Lipinski definition) is 1. The van der Waals surface area contributed by atoms with Gasteiger partial charge in [0, 0.05) is 49.9 Å². The van der Waals surface area contributed by atoms with Crippen LogP contribution in [-0.2, 0) is 18.9 Å². The van der Waals surface area contributed by atoms with E-state index in [1.54, 1.807) is 12.1 Å². The molecule has 5 atom stereocenters. The molecule has 0 saturated heterocycles. The molecule has 64 heavy (non-hydrogen) atoms. The first-order chi connectivity index (χ1) is 31.3. The summed E-state index contributed by atoms with van der Waals surface area (Å²) in [6.45, 7) is 22.1. The van der Waals surface area contributed by atoms with Gasteiger partial charge < -0.3 is 43.0 Å². The molecule has 1 aliphatic carbocycles. The lowest BCUT2D eigenvalue weighted by atomic mass is 9.71. The number of phenolic OH excluding ortho intramolecular Hbond substituents is 1. The summed E-state index contributed by atoms with van der Waals surface area (Å²) in [4.78, 5) is 14.7. The highest BCUT2D eigenvalue weighted by atomic mass is 16.6. The van der Waals surface area contributed by atoms with E-state index in [2.05, 4.69) is 55.4 Å². The largest absolute Gasteiger partial charge is 0.507 e. The fraction of sp³-hybridized carbons (Fsp3) is 0.722. The van der Waals surface area contributed by atoms with Crippen molar-refractivity contribution in [3.05, 3.63) is 47.0 Å². The quantitative estimate of drug-likeness (QED) is 0.0400. The average Bonchev–Trinajstić information content (AvgIpc) is 3.29. The lowest BCUT2D eigenvalue weighted by Crippen LogP contribution is -2.55. The van der Waals surface area contributed by atoms with E-state index in [0.29, 0.717) is 88.9 Å². The minimum Gasteiger partial charge on any atom is -0.507 e. The molecule has 2 aromatic carbocycles. The fourth-order valence-electron chi connectivity index (χ4n) is 7.84. The van der Waals surface area contributed by atoms with Crippen LogP contribution < -0.4 is 18.9 Å². The Morgan fingerprint density at radius 2 is 1.05 bits per heavy atom. The van der Waals surface area contributed by atoms with Gasteiger partial charge in [-0.05, 0) is 81.6 Å². The predicted molar refractivity (Wildman–Crippen MR) is 260 cm³/mol. The van der Waals surface area contributed by atoms with Gasteiger partial charge in [0.2, 0.25) is 0 Å². The van der Waals surface area contributed by atoms with Crippen LogP contribution in [0.4, 0.5) is 0 Å². The third kappa shape index (κ3) is 18.2. The number of hydrogen-bond acceptors (Lipinski definition) is 10. The number of carbonyl (C=O) groups is 1. The number of ketones is 1. The maximum atomic E-state index is 14.7. The zero-order valence-electron chi connectivity index (χ0n) is 41.4. The van der Waals surface area contributed by atoms with E-state index in [1.165, 1.54) is 6.08 Å². The standard InChI is InChI=1S/C54H88O10/c1-9-17-29-57-40-42-38-43(52(62-34-22-14-6)54(64-36-24-16-8)51(42)61-33-21-13-5)49-48(60-32-20-12-4)39-45(56)50(53(49)63-35-23-15-7)44(55)27-25-41-26-28-46(58-30-18-10-2)47(37-41)59-31-19-11-3/h25-28,37,39,42-43,51-52,54,56H,9-24,29-36,38,40H2,1-8H3/b27-25+. The molecule has 1 saturated carbocycles. The number of unbranched alkanes of at least 4 members (excludes halogenated alkanes) is 8. The second kappa shape index (κ2) is 33.2. The van der Waals surface area contributed by atoms with E-state index in [-0.39, 0.29) is 35.0 Å². The number of phenols is 1. The summed E-state index contributed by atoms with van der Waals surface area (Å²) in [5.41, 5.74) is 1.62. The molecule has 0 aliphatic heterocycles.